The largest absolute Gasteiger partial charge is 0.493 e. The van der Waals surface area contributed by atoms with Crippen LogP contribution in [0.25, 0.3) is 11.4 Å². The van der Waals surface area contributed by atoms with E-state index in [2.05, 4.69) is 15.3 Å². The molecule has 6 nitrogen and oxygen atoms in total. The maximum Gasteiger partial charge on any atom is 0.216 e. The van der Waals surface area contributed by atoms with E-state index >= 15 is 0 Å². The number of ether oxygens (including phenoxy) is 2. The van der Waals surface area contributed by atoms with Gasteiger partial charge in [-0.05, 0) is 48.1 Å². The number of methoxy groups -OCH3 is 2. The normalized spacial score (nSPS) is 11.1. The topological polar surface area (TPSA) is 64.4 Å². The average Bonchev–Trinajstić information content (AvgIpc) is 3.02. The number of H-pyrrole nitrogens is 1. The second kappa shape index (κ2) is 7.90. The molecule has 3 aromatic rings. The van der Waals surface area contributed by atoms with E-state index in [0.717, 1.165) is 11.1 Å². The van der Waals surface area contributed by atoms with Gasteiger partial charge in [0.05, 0.1) is 30.5 Å². The summed E-state index contributed by atoms with van der Waals surface area (Å²) in [5, 5.41) is 12.3. The van der Waals surface area contributed by atoms with Crippen LogP contribution in [0.1, 0.15) is 5.56 Å². The van der Waals surface area contributed by atoms with Gasteiger partial charge in [-0.2, -0.15) is 14.9 Å². The third kappa shape index (κ3) is 3.75. The van der Waals surface area contributed by atoms with Crippen molar-refractivity contribution in [3.63, 3.8) is 0 Å². The van der Waals surface area contributed by atoms with Gasteiger partial charge in [0.25, 0.3) is 0 Å². The van der Waals surface area contributed by atoms with E-state index in [0.29, 0.717) is 32.1 Å². The van der Waals surface area contributed by atoms with Crippen molar-refractivity contribution in [2.75, 3.05) is 14.2 Å². The number of halogens is 2. The molecule has 0 aliphatic heterocycles. The molecule has 1 N–H and O–H groups in total. The summed E-state index contributed by atoms with van der Waals surface area (Å²) in [5.74, 6) is 1.74. The van der Waals surface area contributed by atoms with Gasteiger partial charge in [-0.1, -0.05) is 29.3 Å². The SMILES string of the molecule is COc1ccc(-c2n[nH]c(=S)n2/N=C\c2ccc(Cl)c(Cl)c2)cc1OC. The Morgan fingerprint density at radius 2 is 1.85 bits per heavy atom. The van der Waals surface area contributed by atoms with Crippen LogP contribution < -0.4 is 9.47 Å². The molecule has 1 heterocycles. The van der Waals surface area contributed by atoms with Gasteiger partial charge in [-0.15, -0.1) is 0 Å². The molecule has 0 unspecified atom stereocenters. The van der Waals surface area contributed by atoms with E-state index in [-0.39, 0.29) is 0 Å². The summed E-state index contributed by atoms with van der Waals surface area (Å²) in [6.07, 6.45) is 1.62. The molecule has 0 saturated carbocycles. The first-order valence-electron chi connectivity index (χ1n) is 7.42. The third-order valence-corrected chi connectivity index (χ3v) is 4.56. The Kier molecular flexibility index (Phi) is 5.61. The fraction of sp³-hybridized carbons (Fsp3) is 0.118. The first kappa shape index (κ1) is 18.4. The van der Waals surface area contributed by atoms with Gasteiger partial charge in [0, 0.05) is 5.56 Å². The van der Waals surface area contributed by atoms with Crippen LogP contribution in [-0.2, 0) is 0 Å². The summed E-state index contributed by atoms with van der Waals surface area (Å²) in [6.45, 7) is 0. The molecular weight excluding hydrogens is 395 g/mol. The van der Waals surface area contributed by atoms with Crippen LogP contribution in [0.3, 0.4) is 0 Å². The number of benzene rings is 2. The van der Waals surface area contributed by atoms with Crippen LogP contribution in [0.4, 0.5) is 0 Å². The van der Waals surface area contributed by atoms with E-state index < -0.39 is 0 Å². The van der Waals surface area contributed by atoms with Crippen LogP contribution >= 0.6 is 35.4 Å². The summed E-state index contributed by atoms with van der Waals surface area (Å²) in [4.78, 5) is 0. The standard InChI is InChI=1S/C17H14Cl2N4O2S/c1-24-14-6-4-11(8-15(14)25-2)16-21-22-17(26)23(16)20-9-10-3-5-12(18)13(19)7-10/h3-9H,1-2H3,(H,22,26)/b20-9-. The van der Waals surface area contributed by atoms with Gasteiger partial charge in [-0.3, -0.25) is 0 Å². The summed E-state index contributed by atoms with van der Waals surface area (Å²) < 4.78 is 12.5. The second-order valence-electron chi connectivity index (χ2n) is 5.15. The van der Waals surface area contributed by atoms with Gasteiger partial charge >= 0.3 is 0 Å². The summed E-state index contributed by atoms with van der Waals surface area (Å²) >= 11 is 17.2. The lowest BCUT2D eigenvalue weighted by Crippen LogP contribution is -1.96. The highest BCUT2D eigenvalue weighted by atomic mass is 35.5. The molecule has 0 amide bonds. The predicted molar refractivity (Wildman–Crippen MR) is 105 cm³/mol. The highest BCUT2D eigenvalue weighted by Gasteiger charge is 2.12. The molecule has 0 atom stereocenters. The van der Waals surface area contributed by atoms with Crippen LogP contribution in [0, 0.1) is 4.77 Å². The molecule has 134 valence electrons. The number of aromatic amines is 1. The smallest absolute Gasteiger partial charge is 0.216 e. The summed E-state index contributed by atoms with van der Waals surface area (Å²) in [7, 11) is 3.15. The molecule has 2 aromatic carbocycles. The zero-order chi connectivity index (χ0) is 18.7. The molecule has 1 aromatic heterocycles. The van der Waals surface area contributed by atoms with Crippen molar-refractivity contribution in [2.24, 2.45) is 5.10 Å². The Morgan fingerprint density at radius 3 is 2.54 bits per heavy atom. The molecule has 26 heavy (non-hydrogen) atoms. The van der Waals surface area contributed by atoms with E-state index in [9.17, 15) is 0 Å². The monoisotopic (exact) mass is 408 g/mol. The Labute approximate surface area is 165 Å². The molecule has 0 aliphatic rings. The Balaban J connectivity index is 2.00. The average molecular weight is 409 g/mol. The quantitative estimate of drug-likeness (QED) is 0.485. The zero-order valence-corrected chi connectivity index (χ0v) is 16.2. The van der Waals surface area contributed by atoms with E-state index in [1.165, 1.54) is 4.68 Å². The number of aromatic nitrogens is 3. The second-order valence-corrected chi connectivity index (χ2v) is 6.35. The molecule has 3 rings (SSSR count). The molecule has 0 fully saturated rings. The van der Waals surface area contributed by atoms with Crippen molar-refractivity contribution in [1.82, 2.24) is 14.9 Å². The Morgan fingerprint density at radius 1 is 1.08 bits per heavy atom. The lowest BCUT2D eigenvalue weighted by Gasteiger charge is -2.09. The third-order valence-electron chi connectivity index (χ3n) is 3.56. The van der Waals surface area contributed by atoms with Gasteiger partial charge in [0.1, 0.15) is 0 Å². The number of hydrogen-bond acceptors (Lipinski definition) is 5. The van der Waals surface area contributed by atoms with Crippen LogP contribution in [0.5, 0.6) is 11.5 Å². The highest BCUT2D eigenvalue weighted by molar-refractivity contribution is 7.71. The van der Waals surface area contributed by atoms with Crippen LogP contribution in [-0.4, -0.2) is 35.3 Å². The fourth-order valence-electron chi connectivity index (χ4n) is 2.28. The fourth-order valence-corrected chi connectivity index (χ4v) is 2.76. The van der Waals surface area contributed by atoms with Gasteiger partial charge in [-0.25, -0.2) is 5.10 Å². The Bertz CT molecular complexity index is 1030. The number of rotatable bonds is 5. The minimum absolute atomic E-state index is 0.353. The first-order chi connectivity index (χ1) is 12.5. The molecule has 0 saturated heterocycles. The summed E-state index contributed by atoms with van der Waals surface area (Å²) in [5.41, 5.74) is 1.54. The minimum atomic E-state index is 0.353. The lowest BCUT2D eigenvalue weighted by molar-refractivity contribution is 0.355. The van der Waals surface area contributed by atoms with Gasteiger partial charge in [0.2, 0.25) is 4.77 Å². The van der Waals surface area contributed by atoms with Crippen molar-refractivity contribution in [1.29, 1.82) is 0 Å². The summed E-state index contributed by atoms with van der Waals surface area (Å²) in [6, 6.07) is 10.7. The van der Waals surface area contributed by atoms with Crippen molar-refractivity contribution < 1.29 is 9.47 Å². The van der Waals surface area contributed by atoms with Crippen molar-refractivity contribution in [2.45, 2.75) is 0 Å². The predicted octanol–water partition coefficient (Wildman–Crippen LogP) is 4.81. The Hall–Kier alpha value is -2.35. The van der Waals surface area contributed by atoms with Crippen LogP contribution in [0.15, 0.2) is 41.5 Å². The van der Waals surface area contributed by atoms with Crippen molar-refractivity contribution in [3.05, 3.63) is 56.8 Å². The van der Waals surface area contributed by atoms with E-state index in [1.54, 1.807) is 50.8 Å². The number of nitrogens with zero attached hydrogens (tertiary/aromatic N) is 3. The molecule has 0 radical (unpaired) electrons. The van der Waals surface area contributed by atoms with E-state index in [4.69, 9.17) is 44.9 Å². The molecule has 0 bridgehead atoms. The maximum atomic E-state index is 6.03. The lowest BCUT2D eigenvalue weighted by atomic mass is 10.2. The zero-order valence-electron chi connectivity index (χ0n) is 13.9. The highest BCUT2D eigenvalue weighted by Crippen LogP contribution is 2.31. The minimum Gasteiger partial charge on any atom is -0.493 e. The molecule has 9 heteroatoms. The number of hydrogen-bond donors (Lipinski definition) is 1. The van der Waals surface area contributed by atoms with Crippen LogP contribution in [0.2, 0.25) is 10.0 Å². The van der Waals surface area contributed by atoms with Gasteiger partial charge in [0.15, 0.2) is 17.3 Å². The number of nitrogens with one attached hydrogen (secondary N) is 1. The van der Waals surface area contributed by atoms with Crippen molar-refractivity contribution >= 4 is 41.6 Å². The van der Waals surface area contributed by atoms with Gasteiger partial charge < -0.3 is 9.47 Å². The molecule has 0 spiro atoms. The van der Waals surface area contributed by atoms with Crippen molar-refractivity contribution in [3.8, 4) is 22.9 Å². The van der Waals surface area contributed by atoms with E-state index in [1.807, 2.05) is 6.07 Å². The maximum absolute atomic E-state index is 6.03. The first-order valence-corrected chi connectivity index (χ1v) is 8.59. The molecule has 0 aliphatic carbocycles. The molecular formula is C17H14Cl2N4O2S.